The maximum atomic E-state index is 12.8. The zero-order valence-corrected chi connectivity index (χ0v) is 16.7. The maximum absolute atomic E-state index is 12.8. The lowest BCUT2D eigenvalue weighted by atomic mass is 10.0. The first-order chi connectivity index (χ1) is 12.7. The minimum absolute atomic E-state index is 0.0189. The molecule has 27 heavy (non-hydrogen) atoms. The Balaban J connectivity index is 1.76. The molecule has 2 N–H and O–H groups in total. The van der Waals surface area contributed by atoms with Gasteiger partial charge in [0.2, 0.25) is 15.9 Å². The molecule has 1 aliphatic rings. The van der Waals surface area contributed by atoms with E-state index < -0.39 is 10.0 Å². The van der Waals surface area contributed by atoms with Gasteiger partial charge in [0, 0.05) is 25.0 Å². The molecule has 2 aromatic carbocycles. The second-order valence-corrected chi connectivity index (χ2v) is 8.80. The molecule has 1 amide bonds. The van der Waals surface area contributed by atoms with E-state index in [9.17, 15) is 13.2 Å². The molecule has 3 rings (SSSR count). The van der Waals surface area contributed by atoms with Crippen molar-refractivity contribution in [1.29, 1.82) is 0 Å². The Morgan fingerprint density at radius 1 is 1.22 bits per heavy atom. The van der Waals surface area contributed by atoms with E-state index in [0.29, 0.717) is 18.9 Å². The Labute approximate surface area is 160 Å². The van der Waals surface area contributed by atoms with Crippen molar-refractivity contribution in [2.75, 3.05) is 29.9 Å². The van der Waals surface area contributed by atoms with Crippen molar-refractivity contribution in [1.82, 2.24) is 0 Å². The van der Waals surface area contributed by atoms with Gasteiger partial charge in [0.15, 0.2) is 0 Å². The average molecular weight is 388 g/mol. The van der Waals surface area contributed by atoms with Crippen molar-refractivity contribution in [3.05, 3.63) is 53.6 Å². The van der Waals surface area contributed by atoms with Crippen LogP contribution >= 0.6 is 0 Å². The maximum Gasteiger partial charge on any atom is 0.246 e. The van der Waals surface area contributed by atoms with Crippen molar-refractivity contribution >= 4 is 27.3 Å². The lowest BCUT2D eigenvalue weighted by molar-refractivity contribution is -0.117. The molecule has 0 atom stereocenters. The minimum atomic E-state index is -3.74. The molecule has 2 aromatic rings. The molecule has 0 radical (unpaired) electrons. The number of hydrogen-bond acceptors (Lipinski definition) is 4. The van der Waals surface area contributed by atoms with E-state index in [2.05, 4.69) is 26.0 Å². The second kappa shape index (κ2) is 7.32. The number of likely N-dealkylation sites (N-methyl/N-ethyl adjacent to an activating group) is 1. The summed E-state index contributed by atoms with van der Waals surface area (Å²) in [5, 5.41) is 5.19. The Morgan fingerprint density at radius 2 is 1.96 bits per heavy atom. The van der Waals surface area contributed by atoms with Crippen LogP contribution in [0, 0.1) is 0 Å². The number of amides is 1. The third-order valence-corrected chi connectivity index (χ3v) is 5.84. The lowest BCUT2D eigenvalue weighted by Crippen LogP contribution is -2.38. The summed E-state index contributed by atoms with van der Waals surface area (Å²) in [7, 11) is -1.84. The summed E-state index contributed by atoms with van der Waals surface area (Å²) in [6, 6.07) is 12.9. The standard InChI is InChI=1S/C20H25N3O3S/c1-14(2)15-5-4-6-17(11-15)22(3)13-20(24)23-10-9-16-12-18(27(21,25)26)7-8-19(16)23/h4-8,11-12,14H,9-10,13H2,1-3H3,(H2,21,25,26). The van der Waals surface area contributed by atoms with Crippen LogP contribution in [-0.4, -0.2) is 34.5 Å². The van der Waals surface area contributed by atoms with Gasteiger partial charge in [-0.05, 0) is 53.8 Å². The van der Waals surface area contributed by atoms with E-state index >= 15 is 0 Å². The van der Waals surface area contributed by atoms with Crippen molar-refractivity contribution in [2.45, 2.75) is 31.1 Å². The number of fused-ring (bicyclic) bond motifs is 1. The van der Waals surface area contributed by atoms with E-state index in [-0.39, 0.29) is 17.3 Å². The molecule has 0 spiro atoms. The van der Waals surface area contributed by atoms with Gasteiger partial charge in [0.1, 0.15) is 0 Å². The fourth-order valence-electron chi connectivity index (χ4n) is 3.32. The molecule has 0 fully saturated rings. The first-order valence-electron chi connectivity index (χ1n) is 8.94. The largest absolute Gasteiger partial charge is 0.365 e. The minimum Gasteiger partial charge on any atom is -0.365 e. The van der Waals surface area contributed by atoms with Crippen molar-refractivity contribution < 1.29 is 13.2 Å². The van der Waals surface area contributed by atoms with Crippen LogP contribution in [0.1, 0.15) is 30.9 Å². The number of nitrogens with zero attached hydrogens (tertiary/aromatic N) is 2. The highest BCUT2D eigenvalue weighted by Gasteiger charge is 2.26. The number of rotatable bonds is 5. The molecule has 0 bridgehead atoms. The number of anilines is 2. The van der Waals surface area contributed by atoms with Crippen LogP contribution in [0.5, 0.6) is 0 Å². The van der Waals surface area contributed by atoms with E-state index in [1.54, 1.807) is 17.0 Å². The van der Waals surface area contributed by atoms with Crippen LogP contribution in [-0.2, 0) is 21.2 Å². The highest BCUT2D eigenvalue weighted by atomic mass is 32.2. The van der Waals surface area contributed by atoms with Gasteiger partial charge in [-0.3, -0.25) is 4.79 Å². The number of nitrogens with two attached hydrogens (primary N) is 1. The quantitative estimate of drug-likeness (QED) is 0.854. The Kier molecular flexibility index (Phi) is 5.26. The first kappa shape index (κ1) is 19.4. The third-order valence-electron chi connectivity index (χ3n) is 4.93. The summed E-state index contributed by atoms with van der Waals surface area (Å²) < 4.78 is 23.0. The number of hydrogen-bond donors (Lipinski definition) is 1. The highest BCUT2D eigenvalue weighted by Crippen LogP contribution is 2.30. The van der Waals surface area contributed by atoms with Gasteiger partial charge < -0.3 is 9.80 Å². The van der Waals surface area contributed by atoms with Gasteiger partial charge in [0.05, 0.1) is 11.4 Å². The number of carbonyl (C=O) groups excluding carboxylic acids is 1. The molecule has 0 saturated carbocycles. The van der Waals surface area contributed by atoms with Crippen LogP contribution < -0.4 is 14.9 Å². The fourth-order valence-corrected chi connectivity index (χ4v) is 3.88. The Bertz CT molecular complexity index is 970. The molecule has 0 unspecified atom stereocenters. The molecule has 0 aliphatic carbocycles. The van der Waals surface area contributed by atoms with Crippen LogP contribution in [0.4, 0.5) is 11.4 Å². The van der Waals surface area contributed by atoms with Gasteiger partial charge in [-0.25, -0.2) is 13.6 Å². The van der Waals surface area contributed by atoms with E-state index in [0.717, 1.165) is 16.9 Å². The van der Waals surface area contributed by atoms with Crippen molar-refractivity contribution in [3.63, 3.8) is 0 Å². The summed E-state index contributed by atoms with van der Waals surface area (Å²) in [5.41, 5.74) is 3.82. The molecule has 1 aliphatic heterocycles. The van der Waals surface area contributed by atoms with Gasteiger partial charge in [-0.15, -0.1) is 0 Å². The molecule has 0 saturated heterocycles. The zero-order valence-electron chi connectivity index (χ0n) is 15.8. The lowest BCUT2D eigenvalue weighted by Gasteiger charge is -2.24. The third kappa shape index (κ3) is 4.14. The SMILES string of the molecule is CC(C)c1cccc(N(C)CC(=O)N2CCc3cc(S(N)(=O)=O)ccc32)c1. The van der Waals surface area contributed by atoms with E-state index in [4.69, 9.17) is 5.14 Å². The molecular weight excluding hydrogens is 362 g/mol. The summed E-state index contributed by atoms with van der Waals surface area (Å²) >= 11 is 0. The van der Waals surface area contributed by atoms with Gasteiger partial charge >= 0.3 is 0 Å². The van der Waals surface area contributed by atoms with E-state index in [1.165, 1.54) is 11.6 Å². The predicted molar refractivity (Wildman–Crippen MR) is 108 cm³/mol. The number of carbonyl (C=O) groups is 1. The first-order valence-corrected chi connectivity index (χ1v) is 10.5. The average Bonchev–Trinajstić information content (AvgIpc) is 3.04. The second-order valence-electron chi connectivity index (χ2n) is 7.24. The summed E-state index contributed by atoms with van der Waals surface area (Å²) in [6.07, 6.45) is 0.622. The van der Waals surface area contributed by atoms with Gasteiger partial charge in [-0.2, -0.15) is 0 Å². The van der Waals surface area contributed by atoms with Gasteiger partial charge in [-0.1, -0.05) is 26.0 Å². The fraction of sp³-hybridized carbons (Fsp3) is 0.350. The van der Waals surface area contributed by atoms with Crippen LogP contribution in [0.3, 0.4) is 0 Å². The summed E-state index contributed by atoms with van der Waals surface area (Å²) in [6.45, 7) is 5.07. The number of primary sulfonamides is 1. The topological polar surface area (TPSA) is 83.7 Å². The molecule has 6 nitrogen and oxygen atoms in total. The Hall–Kier alpha value is -2.38. The molecule has 7 heteroatoms. The van der Waals surface area contributed by atoms with Crippen LogP contribution in [0.2, 0.25) is 0 Å². The van der Waals surface area contributed by atoms with Gasteiger partial charge in [0.25, 0.3) is 0 Å². The zero-order chi connectivity index (χ0) is 19.8. The smallest absolute Gasteiger partial charge is 0.246 e. The summed E-state index contributed by atoms with van der Waals surface area (Å²) in [4.78, 5) is 16.6. The predicted octanol–water partition coefficient (Wildman–Crippen LogP) is 2.48. The normalized spacial score (nSPS) is 13.7. The van der Waals surface area contributed by atoms with Crippen molar-refractivity contribution in [3.8, 4) is 0 Å². The monoisotopic (exact) mass is 387 g/mol. The molecular formula is C20H25N3O3S. The van der Waals surface area contributed by atoms with Crippen LogP contribution in [0.25, 0.3) is 0 Å². The number of sulfonamides is 1. The highest BCUT2D eigenvalue weighted by molar-refractivity contribution is 7.89. The summed E-state index contributed by atoms with van der Waals surface area (Å²) in [5.74, 6) is 0.405. The molecule has 144 valence electrons. The van der Waals surface area contributed by atoms with E-state index in [1.807, 2.05) is 24.1 Å². The molecule has 0 aromatic heterocycles. The Morgan fingerprint density at radius 3 is 2.63 bits per heavy atom. The van der Waals surface area contributed by atoms with Crippen molar-refractivity contribution in [2.24, 2.45) is 5.14 Å². The molecule has 1 heterocycles. The van der Waals surface area contributed by atoms with Crippen LogP contribution in [0.15, 0.2) is 47.4 Å². The number of benzene rings is 2.